The lowest BCUT2D eigenvalue weighted by molar-refractivity contribution is 0.305. The van der Waals surface area contributed by atoms with E-state index in [-0.39, 0.29) is 24.0 Å². The molecule has 0 saturated heterocycles. The topological polar surface area (TPSA) is 77.0 Å². The number of aromatic nitrogens is 1. The molecule has 154 valence electrons. The molecule has 1 heterocycles. The Morgan fingerprint density at radius 2 is 1.86 bits per heavy atom. The first-order valence-electron chi connectivity index (χ1n) is 8.93. The molecule has 1 aromatic carbocycles. The average Bonchev–Trinajstić information content (AvgIpc) is 2.73. The van der Waals surface area contributed by atoms with Gasteiger partial charge in [-0.05, 0) is 24.1 Å². The summed E-state index contributed by atoms with van der Waals surface area (Å²) in [6.45, 7) is 3.93. The average molecular weight is 500 g/mol. The Hall–Kier alpha value is -2.23. The molecular weight excluding hydrogens is 471 g/mol. The van der Waals surface area contributed by atoms with Gasteiger partial charge in [-0.2, -0.15) is 0 Å². The molecule has 0 saturated carbocycles. The maximum atomic E-state index is 5.49. The zero-order valence-electron chi connectivity index (χ0n) is 16.8. The fourth-order valence-electron chi connectivity index (χ4n) is 2.39. The molecule has 2 N–H and O–H groups in total. The summed E-state index contributed by atoms with van der Waals surface area (Å²) in [6, 6.07) is 9.61. The fraction of sp³-hybridized carbons (Fsp3) is 0.400. The summed E-state index contributed by atoms with van der Waals surface area (Å²) in [7, 11) is 5.02. The van der Waals surface area contributed by atoms with E-state index in [1.165, 1.54) is 0 Å². The van der Waals surface area contributed by atoms with Crippen LogP contribution >= 0.6 is 24.0 Å². The number of halogens is 1. The van der Waals surface area contributed by atoms with Crippen molar-refractivity contribution in [2.24, 2.45) is 4.99 Å². The van der Waals surface area contributed by atoms with Crippen LogP contribution in [-0.4, -0.2) is 38.8 Å². The van der Waals surface area contributed by atoms with E-state index in [4.69, 9.17) is 14.2 Å². The van der Waals surface area contributed by atoms with Crippen LogP contribution in [0.5, 0.6) is 17.4 Å². The van der Waals surface area contributed by atoms with Crippen molar-refractivity contribution < 1.29 is 14.2 Å². The minimum Gasteiger partial charge on any atom is -0.497 e. The number of hydrogen-bond donors (Lipinski definition) is 2. The third-order valence-electron chi connectivity index (χ3n) is 3.88. The molecule has 28 heavy (non-hydrogen) atoms. The third-order valence-corrected chi connectivity index (χ3v) is 3.88. The largest absolute Gasteiger partial charge is 0.497 e. The molecule has 0 spiro atoms. The highest BCUT2D eigenvalue weighted by atomic mass is 127. The maximum Gasteiger partial charge on any atom is 0.213 e. The second-order valence-corrected chi connectivity index (χ2v) is 5.81. The van der Waals surface area contributed by atoms with Crippen molar-refractivity contribution in [2.75, 3.05) is 27.9 Å². The second-order valence-electron chi connectivity index (χ2n) is 5.81. The van der Waals surface area contributed by atoms with E-state index < -0.39 is 0 Å². The van der Waals surface area contributed by atoms with E-state index in [1.54, 1.807) is 27.5 Å². The van der Waals surface area contributed by atoms with Crippen LogP contribution in [0.25, 0.3) is 0 Å². The number of rotatable bonds is 9. The summed E-state index contributed by atoms with van der Waals surface area (Å²) >= 11 is 0. The van der Waals surface area contributed by atoms with Gasteiger partial charge in [0.05, 0.1) is 20.8 Å². The van der Waals surface area contributed by atoms with Crippen molar-refractivity contribution in [1.29, 1.82) is 0 Å². The molecule has 0 unspecified atom stereocenters. The molecule has 1 aromatic heterocycles. The number of hydrogen-bond acceptors (Lipinski definition) is 5. The molecule has 0 bridgehead atoms. The maximum absolute atomic E-state index is 5.49. The van der Waals surface area contributed by atoms with Crippen LogP contribution < -0.4 is 24.8 Å². The summed E-state index contributed by atoms with van der Waals surface area (Å²) < 4.78 is 16.1. The summed E-state index contributed by atoms with van der Waals surface area (Å²) in [6.07, 6.45) is 2.77. The van der Waals surface area contributed by atoms with Gasteiger partial charge >= 0.3 is 0 Å². The van der Waals surface area contributed by atoms with E-state index >= 15 is 0 Å². The van der Waals surface area contributed by atoms with Crippen LogP contribution in [0.1, 0.15) is 24.5 Å². The predicted molar refractivity (Wildman–Crippen MR) is 122 cm³/mol. The van der Waals surface area contributed by atoms with Gasteiger partial charge in [-0.3, -0.25) is 4.99 Å². The molecular formula is C20H29IN4O3. The highest BCUT2D eigenvalue weighted by Gasteiger charge is 2.06. The van der Waals surface area contributed by atoms with Gasteiger partial charge < -0.3 is 24.8 Å². The van der Waals surface area contributed by atoms with Crippen LogP contribution in [0.3, 0.4) is 0 Å². The molecule has 7 nitrogen and oxygen atoms in total. The molecule has 0 fully saturated rings. The van der Waals surface area contributed by atoms with Gasteiger partial charge in [0.25, 0.3) is 0 Å². The van der Waals surface area contributed by atoms with Crippen molar-refractivity contribution in [3.05, 3.63) is 47.7 Å². The normalized spacial score (nSPS) is 10.6. The molecule has 0 aliphatic carbocycles. The smallest absolute Gasteiger partial charge is 0.213 e. The van der Waals surface area contributed by atoms with Crippen LogP contribution in [0.2, 0.25) is 0 Å². The standard InChI is InChI=1S/C20H28N4O3.HI/c1-5-10-27-19-9-6-15(12-22-19)13-23-20(21-2)24-14-16-7-8-17(25-3)11-18(16)26-4;/h6-9,11-12H,5,10,13-14H2,1-4H3,(H2,21,23,24);1H. The van der Waals surface area contributed by atoms with E-state index in [9.17, 15) is 0 Å². The molecule has 2 aromatic rings. The number of benzene rings is 1. The summed E-state index contributed by atoms with van der Waals surface area (Å²) in [5.74, 6) is 2.87. The summed E-state index contributed by atoms with van der Waals surface area (Å²) in [5, 5.41) is 6.55. The Bertz CT molecular complexity index is 739. The van der Waals surface area contributed by atoms with E-state index in [1.807, 2.05) is 30.3 Å². The minimum atomic E-state index is 0. The number of nitrogens with zero attached hydrogens (tertiary/aromatic N) is 2. The van der Waals surface area contributed by atoms with Crippen molar-refractivity contribution in [2.45, 2.75) is 26.4 Å². The molecule has 8 heteroatoms. The Morgan fingerprint density at radius 3 is 2.46 bits per heavy atom. The number of nitrogens with one attached hydrogen (secondary N) is 2. The lowest BCUT2D eigenvalue weighted by atomic mass is 10.2. The lowest BCUT2D eigenvalue weighted by Crippen LogP contribution is -2.36. The fourth-order valence-corrected chi connectivity index (χ4v) is 2.39. The third kappa shape index (κ3) is 7.41. The molecule has 0 amide bonds. The van der Waals surface area contributed by atoms with Gasteiger partial charge in [-0.15, -0.1) is 24.0 Å². The Kier molecular flexibility index (Phi) is 11.1. The number of ether oxygens (including phenoxy) is 3. The number of pyridine rings is 1. The first-order valence-corrected chi connectivity index (χ1v) is 8.93. The van der Waals surface area contributed by atoms with Gasteiger partial charge in [0.1, 0.15) is 11.5 Å². The zero-order valence-corrected chi connectivity index (χ0v) is 19.2. The molecule has 0 radical (unpaired) electrons. The van der Waals surface area contributed by atoms with Crippen molar-refractivity contribution >= 4 is 29.9 Å². The van der Waals surface area contributed by atoms with Gasteiger partial charge in [0.2, 0.25) is 5.88 Å². The van der Waals surface area contributed by atoms with Gasteiger partial charge in [0, 0.05) is 44.0 Å². The van der Waals surface area contributed by atoms with Crippen molar-refractivity contribution in [3.8, 4) is 17.4 Å². The van der Waals surface area contributed by atoms with Crippen molar-refractivity contribution in [1.82, 2.24) is 15.6 Å². The highest BCUT2D eigenvalue weighted by molar-refractivity contribution is 14.0. The van der Waals surface area contributed by atoms with Gasteiger partial charge in [-0.25, -0.2) is 4.98 Å². The Labute approximate surface area is 183 Å². The number of aliphatic imine (C=N–C) groups is 1. The summed E-state index contributed by atoms with van der Waals surface area (Å²) in [4.78, 5) is 8.55. The van der Waals surface area contributed by atoms with E-state index in [0.29, 0.717) is 31.5 Å². The lowest BCUT2D eigenvalue weighted by Gasteiger charge is -2.14. The first kappa shape index (κ1) is 23.8. The minimum absolute atomic E-state index is 0. The quantitative estimate of drug-likeness (QED) is 0.313. The van der Waals surface area contributed by atoms with Gasteiger partial charge in [-0.1, -0.05) is 13.0 Å². The van der Waals surface area contributed by atoms with E-state index in [2.05, 4.69) is 27.5 Å². The summed E-state index contributed by atoms with van der Waals surface area (Å²) in [5.41, 5.74) is 2.06. The van der Waals surface area contributed by atoms with Crippen LogP contribution in [0.15, 0.2) is 41.5 Å². The van der Waals surface area contributed by atoms with Gasteiger partial charge in [0.15, 0.2) is 5.96 Å². The number of guanidine groups is 1. The van der Waals surface area contributed by atoms with Crippen LogP contribution in [0, 0.1) is 0 Å². The Balaban J connectivity index is 0.00000392. The monoisotopic (exact) mass is 500 g/mol. The molecule has 2 rings (SSSR count). The molecule has 0 aliphatic rings. The second kappa shape index (κ2) is 13.0. The number of methoxy groups -OCH3 is 2. The van der Waals surface area contributed by atoms with Crippen LogP contribution in [-0.2, 0) is 13.1 Å². The molecule has 0 atom stereocenters. The zero-order chi connectivity index (χ0) is 19.5. The molecule has 0 aliphatic heterocycles. The van der Waals surface area contributed by atoms with Crippen LogP contribution in [0.4, 0.5) is 0 Å². The Morgan fingerprint density at radius 1 is 1.07 bits per heavy atom. The van der Waals surface area contributed by atoms with E-state index in [0.717, 1.165) is 29.0 Å². The van der Waals surface area contributed by atoms with Crippen molar-refractivity contribution in [3.63, 3.8) is 0 Å². The predicted octanol–water partition coefficient (Wildman–Crippen LogP) is 3.37. The highest BCUT2D eigenvalue weighted by Crippen LogP contribution is 2.24. The SMILES string of the molecule is CCCOc1ccc(CNC(=NC)NCc2ccc(OC)cc2OC)cn1.I. The first-order chi connectivity index (χ1) is 13.2.